The van der Waals surface area contributed by atoms with Gasteiger partial charge in [-0.1, -0.05) is 43.3 Å². The number of hydrogen-bond acceptors (Lipinski definition) is 1. The van der Waals surface area contributed by atoms with Gasteiger partial charge >= 0.3 is 0 Å². The zero-order valence-electron chi connectivity index (χ0n) is 7.71. The van der Waals surface area contributed by atoms with Gasteiger partial charge in [-0.15, -0.1) is 0 Å². The SMILES string of the molecule is C=C(Br)CNCCC(C)(C)C. The fourth-order valence-electron chi connectivity index (χ4n) is 0.687. The molecular formula is C9H18BrN. The van der Waals surface area contributed by atoms with Crippen molar-refractivity contribution in [1.82, 2.24) is 5.32 Å². The van der Waals surface area contributed by atoms with Crippen LogP contribution >= 0.6 is 15.9 Å². The van der Waals surface area contributed by atoms with Crippen molar-refractivity contribution in [2.24, 2.45) is 5.41 Å². The third kappa shape index (κ3) is 10.2. The third-order valence-electron chi connectivity index (χ3n) is 1.37. The zero-order valence-corrected chi connectivity index (χ0v) is 9.29. The monoisotopic (exact) mass is 219 g/mol. The van der Waals surface area contributed by atoms with Crippen molar-refractivity contribution in [3.05, 3.63) is 11.1 Å². The van der Waals surface area contributed by atoms with Crippen LogP contribution in [-0.2, 0) is 0 Å². The predicted octanol–water partition coefficient (Wildman–Crippen LogP) is 2.92. The van der Waals surface area contributed by atoms with E-state index in [4.69, 9.17) is 0 Å². The average Bonchev–Trinajstić information content (AvgIpc) is 1.78. The Hall–Kier alpha value is 0.180. The van der Waals surface area contributed by atoms with Crippen molar-refractivity contribution in [3.63, 3.8) is 0 Å². The molecule has 1 nitrogen and oxygen atoms in total. The van der Waals surface area contributed by atoms with E-state index < -0.39 is 0 Å². The maximum Gasteiger partial charge on any atom is 0.0265 e. The first-order valence-electron chi connectivity index (χ1n) is 3.96. The molecule has 0 aromatic rings. The minimum atomic E-state index is 0.431. The predicted molar refractivity (Wildman–Crippen MR) is 55.0 cm³/mol. The number of rotatable bonds is 4. The lowest BCUT2D eigenvalue weighted by Gasteiger charge is -2.17. The summed E-state index contributed by atoms with van der Waals surface area (Å²) in [5.41, 5.74) is 0.431. The molecule has 0 atom stereocenters. The number of nitrogens with one attached hydrogen (secondary N) is 1. The molecule has 66 valence electrons. The highest BCUT2D eigenvalue weighted by atomic mass is 79.9. The summed E-state index contributed by atoms with van der Waals surface area (Å²) in [5.74, 6) is 0. The average molecular weight is 220 g/mol. The summed E-state index contributed by atoms with van der Waals surface area (Å²) in [6, 6.07) is 0. The molecule has 0 unspecified atom stereocenters. The van der Waals surface area contributed by atoms with Crippen LogP contribution in [0.15, 0.2) is 11.1 Å². The van der Waals surface area contributed by atoms with E-state index in [9.17, 15) is 0 Å². The summed E-state index contributed by atoms with van der Waals surface area (Å²) in [5, 5.41) is 3.29. The number of halogens is 1. The van der Waals surface area contributed by atoms with Gasteiger partial charge in [-0.25, -0.2) is 0 Å². The van der Waals surface area contributed by atoms with Crippen molar-refractivity contribution in [2.45, 2.75) is 27.2 Å². The van der Waals surface area contributed by atoms with Crippen LogP contribution in [0.3, 0.4) is 0 Å². The second kappa shape index (κ2) is 4.94. The van der Waals surface area contributed by atoms with E-state index in [1.807, 2.05) is 0 Å². The highest BCUT2D eigenvalue weighted by Gasteiger charge is 2.08. The summed E-state index contributed by atoms with van der Waals surface area (Å²) in [4.78, 5) is 0. The first-order valence-corrected chi connectivity index (χ1v) is 4.75. The topological polar surface area (TPSA) is 12.0 Å². The molecule has 0 aromatic carbocycles. The van der Waals surface area contributed by atoms with Crippen LogP contribution in [0, 0.1) is 5.41 Å². The molecule has 0 amide bonds. The normalized spacial score (nSPS) is 11.6. The van der Waals surface area contributed by atoms with E-state index in [2.05, 4.69) is 48.6 Å². The molecule has 0 aliphatic rings. The first-order chi connectivity index (χ1) is 4.92. The van der Waals surface area contributed by atoms with Crippen LogP contribution in [0.1, 0.15) is 27.2 Å². The van der Waals surface area contributed by atoms with E-state index in [1.165, 1.54) is 6.42 Å². The molecule has 0 radical (unpaired) electrons. The Morgan fingerprint density at radius 1 is 1.45 bits per heavy atom. The van der Waals surface area contributed by atoms with Gasteiger partial charge in [0.25, 0.3) is 0 Å². The molecule has 0 saturated carbocycles. The van der Waals surface area contributed by atoms with E-state index >= 15 is 0 Å². The smallest absolute Gasteiger partial charge is 0.0265 e. The molecule has 0 aliphatic carbocycles. The van der Waals surface area contributed by atoms with Crippen molar-refractivity contribution in [1.29, 1.82) is 0 Å². The van der Waals surface area contributed by atoms with Gasteiger partial charge in [0.05, 0.1) is 0 Å². The van der Waals surface area contributed by atoms with E-state index in [1.54, 1.807) is 0 Å². The Balaban J connectivity index is 3.22. The summed E-state index contributed by atoms with van der Waals surface area (Å²) < 4.78 is 1.02. The Kier molecular flexibility index (Phi) is 5.02. The summed E-state index contributed by atoms with van der Waals surface area (Å²) in [6.45, 7) is 12.4. The minimum Gasteiger partial charge on any atom is -0.312 e. The molecule has 1 N–H and O–H groups in total. The largest absolute Gasteiger partial charge is 0.312 e. The Labute approximate surface area is 78.4 Å². The van der Waals surface area contributed by atoms with Gasteiger partial charge in [-0.05, 0) is 18.4 Å². The molecule has 0 bridgehead atoms. The molecule has 11 heavy (non-hydrogen) atoms. The van der Waals surface area contributed by atoms with Gasteiger partial charge < -0.3 is 5.32 Å². The molecule has 0 spiro atoms. The summed E-state index contributed by atoms with van der Waals surface area (Å²) in [6.07, 6.45) is 1.20. The van der Waals surface area contributed by atoms with Gasteiger partial charge in [0.15, 0.2) is 0 Å². The van der Waals surface area contributed by atoms with Gasteiger partial charge in [-0.2, -0.15) is 0 Å². The molecular weight excluding hydrogens is 202 g/mol. The van der Waals surface area contributed by atoms with Crippen LogP contribution in [0.4, 0.5) is 0 Å². The fourth-order valence-corrected chi connectivity index (χ4v) is 0.886. The lowest BCUT2D eigenvalue weighted by Crippen LogP contribution is -2.21. The molecule has 0 saturated heterocycles. The van der Waals surface area contributed by atoms with Crippen molar-refractivity contribution >= 4 is 15.9 Å². The first kappa shape index (κ1) is 11.2. The van der Waals surface area contributed by atoms with Crippen LogP contribution in [-0.4, -0.2) is 13.1 Å². The van der Waals surface area contributed by atoms with Gasteiger partial charge in [0.2, 0.25) is 0 Å². The highest BCUT2D eigenvalue weighted by Crippen LogP contribution is 2.16. The molecule has 0 fully saturated rings. The zero-order chi connectivity index (χ0) is 8.91. The van der Waals surface area contributed by atoms with Crippen LogP contribution in [0.2, 0.25) is 0 Å². The van der Waals surface area contributed by atoms with Crippen molar-refractivity contribution in [2.75, 3.05) is 13.1 Å². The summed E-state index contributed by atoms with van der Waals surface area (Å²) in [7, 11) is 0. The maximum atomic E-state index is 3.74. The van der Waals surface area contributed by atoms with Gasteiger partial charge in [0, 0.05) is 11.0 Å². The van der Waals surface area contributed by atoms with Crippen molar-refractivity contribution in [3.8, 4) is 0 Å². The van der Waals surface area contributed by atoms with Crippen molar-refractivity contribution < 1.29 is 0 Å². The Morgan fingerprint density at radius 3 is 2.36 bits per heavy atom. The van der Waals surface area contributed by atoms with Crippen LogP contribution < -0.4 is 5.32 Å². The summed E-state index contributed by atoms with van der Waals surface area (Å²) >= 11 is 3.30. The number of hydrogen-bond donors (Lipinski definition) is 1. The van der Waals surface area contributed by atoms with Gasteiger partial charge in [-0.3, -0.25) is 0 Å². The second-order valence-corrected chi connectivity index (χ2v) is 5.13. The lowest BCUT2D eigenvalue weighted by atomic mass is 9.92. The molecule has 0 rings (SSSR count). The maximum absolute atomic E-state index is 3.74. The standard InChI is InChI=1S/C9H18BrN/c1-8(10)7-11-6-5-9(2,3)4/h11H,1,5-7H2,2-4H3. The Bertz CT molecular complexity index is 124. The lowest BCUT2D eigenvalue weighted by molar-refractivity contribution is 0.370. The second-order valence-electron chi connectivity index (χ2n) is 4.00. The molecule has 2 heteroatoms. The van der Waals surface area contributed by atoms with Crippen LogP contribution in [0.5, 0.6) is 0 Å². The van der Waals surface area contributed by atoms with E-state index in [-0.39, 0.29) is 0 Å². The highest BCUT2D eigenvalue weighted by molar-refractivity contribution is 9.11. The van der Waals surface area contributed by atoms with E-state index in [0.717, 1.165) is 17.6 Å². The molecule has 0 aromatic heterocycles. The minimum absolute atomic E-state index is 0.431. The molecule has 0 heterocycles. The van der Waals surface area contributed by atoms with E-state index in [0.29, 0.717) is 5.41 Å². The van der Waals surface area contributed by atoms with Gasteiger partial charge in [0.1, 0.15) is 0 Å². The Morgan fingerprint density at radius 2 is 2.00 bits per heavy atom. The quantitative estimate of drug-likeness (QED) is 0.718. The fraction of sp³-hybridized carbons (Fsp3) is 0.778. The molecule has 0 aliphatic heterocycles. The van der Waals surface area contributed by atoms with Crippen LogP contribution in [0.25, 0.3) is 0 Å². The third-order valence-corrected chi connectivity index (χ3v) is 1.65.